The number of benzene rings is 2. The second-order valence-electron chi connectivity index (χ2n) is 6.87. The number of halogens is 1. The van der Waals surface area contributed by atoms with Gasteiger partial charge in [0, 0.05) is 18.8 Å². The van der Waals surface area contributed by atoms with Gasteiger partial charge in [-0.25, -0.2) is 14.1 Å². The van der Waals surface area contributed by atoms with Crippen molar-refractivity contribution in [2.45, 2.75) is 12.8 Å². The van der Waals surface area contributed by atoms with Crippen LogP contribution < -0.4 is 15.8 Å². The van der Waals surface area contributed by atoms with Crippen molar-refractivity contribution in [3.8, 4) is 23.4 Å². The Labute approximate surface area is 184 Å². The van der Waals surface area contributed by atoms with Crippen molar-refractivity contribution in [3.63, 3.8) is 0 Å². The van der Waals surface area contributed by atoms with Crippen LogP contribution in [0.1, 0.15) is 17.7 Å². The maximum Gasteiger partial charge on any atom is 0.225 e. The van der Waals surface area contributed by atoms with Crippen LogP contribution in [0.15, 0.2) is 66.9 Å². The summed E-state index contributed by atoms with van der Waals surface area (Å²) in [4.78, 5) is 8.47. The van der Waals surface area contributed by atoms with Crippen molar-refractivity contribution in [1.82, 2.24) is 19.7 Å². The van der Waals surface area contributed by atoms with E-state index < -0.39 is 0 Å². The zero-order chi connectivity index (χ0) is 22.3. The van der Waals surface area contributed by atoms with E-state index in [0.717, 1.165) is 5.69 Å². The van der Waals surface area contributed by atoms with Gasteiger partial charge in [0.05, 0.1) is 11.4 Å². The van der Waals surface area contributed by atoms with E-state index in [4.69, 9.17) is 10.5 Å². The minimum Gasteiger partial charge on any atom is -0.439 e. The SMILES string of the molecule is N#Cc1c(CCCNc2nccc(Oc3ccc(F)cc3)n2)nn(-c2ccccc2)c1N. The predicted molar refractivity (Wildman–Crippen MR) is 118 cm³/mol. The quantitative estimate of drug-likeness (QED) is 0.405. The molecule has 0 bridgehead atoms. The summed E-state index contributed by atoms with van der Waals surface area (Å²) in [6.07, 6.45) is 2.82. The molecule has 0 fully saturated rings. The molecule has 0 spiro atoms. The topological polar surface area (TPSA) is 115 Å². The molecule has 8 nitrogen and oxygen atoms in total. The Morgan fingerprint density at radius 1 is 1.09 bits per heavy atom. The summed E-state index contributed by atoms with van der Waals surface area (Å²) < 4.78 is 20.2. The molecule has 0 unspecified atom stereocenters. The number of ether oxygens (including phenoxy) is 1. The lowest BCUT2D eigenvalue weighted by atomic mass is 10.1. The van der Waals surface area contributed by atoms with E-state index in [1.807, 2.05) is 30.3 Å². The van der Waals surface area contributed by atoms with Crippen molar-refractivity contribution < 1.29 is 9.13 Å². The second kappa shape index (κ2) is 9.57. The van der Waals surface area contributed by atoms with Gasteiger partial charge in [-0.3, -0.25) is 0 Å². The molecule has 2 heterocycles. The van der Waals surface area contributed by atoms with Crippen LogP contribution in [0, 0.1) is 17.1 Å². The van der Waals surface area contributed by atoms with E-state index in [2.05, 4.69) is 26.5 Å². The number of nitrogens with two attached hydrogens (primary N) is 1. The molecular weight excluding hydrogens is 409 g/mol. The van der Waals surface area contributed by atoms with Crippen LogP contribution in [0.5, 0.6) is 11.6 Å². The van der Waals surface area contributed by atoms with Crippen molar-refractivity contribution in [2.24, 2.45) is 0 Å². The average Bonchev–Trinajstić information content (AvgIpc) is 3.14. The van der Waals surface area contributed by atoms with Crippen LogP contribution >= 0.6 is 0 Å². The Kier molecular flexibility index (Phi) is 6.22. The van der Waals surface area contributed by atoms with Gasteiger partial charge in [-0.2, -0.15) is 15.3 Å². The van der Waals surface area contributed by atoms with Crippen LogP contribution in [-0.2, 0) is 6.42 Å². The summed E-state index contributed by atoms with van der Waals surface area (Å²) in [6, 6.07) is 18.9. The van der Waals surface area contributed by atoms with Crippen LogP contribution in [0.25, 0.3) is 5.69 Å². The van der Waals surface area contributed by atoms with Gasteiger partial charge in [-0.1, -0.05) is 18.2 Å². The fraction of sp³-hybridized carbons (Fsp3) is 0.130. The molecule has 2 aromatic carbocycles. The van der Waals surface area contributed by atoms with Crippen LogP contribution in [0.2, 0.25) is 0 Å². The van der Waals surface area contributed by atoms with E-state index in [9.17, 15) is 9.65 Å². The first-order valence-corrected chi connectivity index (χ1v) is 9.97. The lowest BCUT2D eigenvalue weighted by Gasteiger charge is -2.07. The van der Waals surface area contributed by atoms with Crippen LogP contribution in [0.4, 0.5) is 16.2 Å². The molecule has 160 valence electrons. The fourth-order valence-corrected chi connectivity index (χ4v) is 3.10. The summed E-state index contributed by atoms with van der Waals surface area (Å²) in [6.45, 7) is 0.559. The van der Waals surface area contributed by atoms with Gasteiger partial charge in [-0.05, 0) is 49.2 Å². The second-order valence-corrected chi connectivity index (χ2v) is 6.87. The number of aryl methyl sites for hydroxylation is 1. The lowest BCUT2D eigenvalue weighted by molar-refractivity contribution is 0.460. The van der Waals surface area contributed by atoms with Gasteiger partial charge < -0.3 is 15.8 Å². The highest BCUT2D eigenvalue weighted by Crippen LogP contribution is 2.22. The number of rotatable bonds is 8. The summed E-state index contributed by atoms with van der Waals surface area (Å²) in [5, 5.41) is 17.2. The molecule has 0 aliphatic carbocycles. The number of nitrogen functional groups attached to an aromatic ring is 1. The maximum atomic E-state index is 13.0. The minimum atomic E-state index is -0.336. The van der Waals surface area contributed by atoms with E-state index in [-0.39, 0.29) is 5.82 Å². The maximum absolute atomic E-state index is 13.0. The summed E-state index contributed by atoms with van der Waals surface area (Å²) in [7, 11) is 0. The number of hydrogen-bond acceptors (Lipinski definition) is 7. The number of nitrogens with one attached hydrogen (secondary N) is 1. The van der Waals surface area contributed by atoms with Crippen molar-refractivity contribution in [3.05, 3.63) is 83.9 Å². The van der Waals surface area contributed by atoms with Crippen LogP contribution in [0.3, 0.4) is 0 Å². The highest BCUT2D eigenvalue weighted by atomic mass is 19.1. The summed E-state index contributed by atoms with van der Waals surface area (Å²) in [5.74, 6) is 1.22. The number of nitriles is 1. The first kappa shape index (κ1) is 20.8. The van der Waals surface area contributed by atoms with Gasteiger partial charge in [0.2, 0.25) is 11.8 Å². The molecular formula is C23H20FN7O. The minimum absolute atomic E-state index is 0.329. The molecule has 3 N–H and O–H groups in total. The molecule has 0 atom stereocenters. The first-order chi connectivity index (χ1) is 15.6. The highest BCUT2D eigenvalue weighted by Gasteiger charge is 2.16. The molecule has 0 aliphatic rings. The highest BCUT2D eigenvalue weighted by molar-refractivity contribution is 5.56. The van der Waals surface area contributed by atoms with Gasteiger partial charge in [0.25, 0.3) is 0 Å². The monoisotopic (exact) mass is 429 g/mol. The predicted octanol–water partition coefficient (Wildman–Crippen LogP) is 4.09. The molecule has 4 rings (SSSR count). The zero-order valence-electron chi connectivity index (χ0n) is 17.1. The number of aromatic nitrogens is 4. The van der Waals surface area contributed by atoms with E-state index in [1.54, 1.807) is 16.9 Å². The van der Waals surface area contributed by atoms with Gasteiger partial charge in [0.15, 0.2) is 0 Å². The Bertz CT molecular complexity index is 1230. The Morgan fingerprint density at radius 3 is 2.62 bits per heavy atom. The molecule has 4 aromatic rings. The summed E-state index contributed by atoms with van der Waals surface area (Å²) in [5.41, 5.74) is 7.97. The molecule has 0 saturated carbocycles. The smallest absolute Gasteiger partial charge is 0.225 e. The average molecular weight is 429 g/mol. The molecule has 0 aliphatic heterocycles. The molecule has 9 heteroatoms. The number of nitrogens with zero attached hydrogens (tertiary/aromatic N) is 5. The first-order valence-electron chi connectivity index (χ1n) is 9.97. The zero-order valence-corrected chi connectivity index (χ0v) is 17.1. The van der Waals surface area contributed by atoms with Crippen molar-refractivity contribution in [2.75, 3.05) is 17.6 Å². The van der Waals surface area contributed by atoms with E-state index >= 15 is 0 Å². The normalized spacial score (nSPS) is 10.5. The molecule has 2 aromatic heterocycles. The van der Waals surface area contributed by atoms with Gasteiger partial charge in [-0.15, -0.1) is 0 Å². The van der Waals surface area contributed by atoms with Gasteiger partial charge >= 0.3 is 0 Å². The van der Waals surface area contributed by atoms with E-state index in [1.165, 1.54) is 24.3 Å². The van der Waals surface area contributed by atoms with E-state index in [0.29, 0.717) is 54.0 Å². The third kappa shape index (κ3) is 4.82. The Balaban J connectivity index is 1.36. The standard InChI is InChI=1S/C23H20FN7O/c24-16-8-10-18(11-9-16)32-21-12-14-28-23(29-21)27-13-4-7-20-19(15-25)22(26)31(30-20)17-5-2-1-3-6-17/h1-3,5-6,8-12,14H,4,7,13,26H2,(H,27,28,29). The number of hydrogen-bond donors (Lipinski definition) is 2. The number of anilines is 2. The van der Waals surface area contributed by atoms with Crippen LogP contribution in [-0.4, -0.2) is 26.3 Å². The molecule has 0 radical (unpaired) electrons. The lowest BCUT2D eigenvalue weighted by Crippen LogP contribution is -2.07. The molecule has 0 saturated heterocycles. The third-order valence-electron chi connectivity index (χ3n) is 4.65. The summed E-state index contributed by atoms with van der Waals surface area (Å²) >= 11 is 0. The fourth-order valence-electron chi connectivity index (χ4n) is 3.10. The van der Waals surface area contributed by atoms with Crippen molar-refractivity contribution in [1.29, 1.82) is 5.26 Å². The largest absolute Gasteiger partial charge is 0.439 e. The van der Waals surface area contributed by atoms with Crippen molar-refractivity contribution >= 4 is 11.8 Å². The Hall–Kier alpha value is -4.45. The molecule has 0 amide bonds. The Morgan fingerprint density at radius 2 is 1.88 bits per heavy atom. The third-order valence-corrected chi connectivity index (χ3v) is 4.65. The van der Waals surface area contributed by atoms with Gasteiger partial charge in [0.1, 0.15) is 29.0 Å². The number of para-hydroxylation sites is 1. The molecule has 32 heavy (non-hydrogen) atoms.